The number of hydrogen-bond acceptors (Lipinski definition) is 8. The summed E-state index contributed by atoms with van der Waals surface area (Å²) in [6.07, 6.45) is 6.97. The van der Waals surface area contributed by atoms with Gasteiger partial charge in [0, 0.05) is 55.4 Å². The molecule has 0 radical (unpaired) electrons. The fraction of sp³-hybridized carbons (Fsp3) is 0.588. The summed E-state index contributed by atoms with van der Waals surface area (Å²) in [6, 6.07) is 0. The number of nitrogens with one attached hydrogen (secondary N) is 1. The van der Waals surface area contributed by atoms with Gasteiger partial charge in [-0.25, -0.2) is 9.97 Å². The van der Waals surface area contributed by atoms with E-state index in [-0.39, 0.29) is 17.6 Å². The van der Waals surface area contributed by atoms with Crippen LogP contribution in [0.1, 0.15) is 29.2 Å². The van der Waals surface area contributed by atoms with Crippen LogP contribution in [0.25, 0.3) is 0 Å². The minimum atomic E-state index is -0.176. The van der Waals surface area contributed by atoms with Crippen molar-refractivity contribution in [1.29, 1.82) is 0 Å². The monoisotopic (exact) mass is 372 g/mol. The van der Waals surface area contributed by atoms with Crippen LogP contribution in [0, 0.1) is 18.8 Å². The molecule has 136 valence electrons. The molecule has 5 rings (SSSR count). The molecule has 0 aromatic carbocycles. The van der Waals surface area contributed by atoms with E-state index in [2.05, 4.69) is 29.5 Å². The van der Waals surface area contributed by atoms with Gasteiger partial charge in [-0.1, -0.05) is 0 Å². The van der Waals surface area contributed by atoms with E-state index >= 15 is 0 Å². The molecule has 0 aliphatic carbocycles. The Balaban J connectivity index is 1.29. The summed E-state index contributed by atoms with van der Waals surface area (Å²) in [5.41, 5.74) is 0.260. The maximum absolute atomic E-state index is 12.3. The smallest absolute Gasteiger partial charge is 0.271 e. The zero-order valence-corrected chi connectivity index (χ0v) is 15.3. The van der Waals surface area contributed by atoms with Crippen molar-refractivity contribution < 1.29 is 9.53 Å². The number of rotatable bonds is 4. The minimum Gasteiger partial charge on any atom is -0.369 e. The molecule has 3 aliphatic rings. The lowest BCUT2D eigenvalue weighted by Gasteiger charge is -2.29. The first-order valence-corrected chi connectivity index (χ1v) is 9.69. The lowest BCUT2D eigenvalue weighted by atomic mass is 9.73. The van der Waals surface area contributed by atoms with E-state index < -0.39 is 0 Å². The summed E-state index contributed by atoms with van der Waals surface area (Å²) in [7, 11) is 0. The van der Waals surface area contributed by atoms with Gasteiger partial charge in [0.15, 0.2) is 0 Å². The molecule has 2 aromatic rings. The lowest BCUT2D eigenvalue weighted by Crippen LogP contribution is -2.42. The Hall–Kier alpha value is -2.13. The number of hydrogen-bond donors (Lipinski definition) is 1. The van der Waals surface area contributed by atoms with Crippen LogP contribution in [0.5, 0.6) is 0 Å². The highest BCUT2D eigenvalue weighted by molar-refractivity contribution is 7.09. The lowest BCUT2D eigenvalue weighted by molar-refractivity contribution is 0.0141. The quantitative estimate of drug-likeness (QED) is 0.857. The fourth-order valence-corrected chi connectivity index (χ4v) is 5.42. The van der Waals surface area contributed by atoms with E-state index in [1.54, 1.807) is 6.20 Å². The van der Waals surface area contributed by atoms with Gasteiger partial charge < -0.3 is 15.0 Å². The number of carbonyl (C=O) groups excluding carboxylic acids is 1. The van der Waals surface area contributed by atoms with E-state index in [0.717, 1.165) is 36.9 Å². The van der Waals surface area contributed by atoms with Crippen LogP contribution in [0.3, 0.4) is 0 Å². The average Bonchev–Trinajstić information content (AvgIpc) is 3.40. The number of aryl methyl sites for hydroxylation is 1. The highest BCUT2D eigenvalue weighted by atomic mass is 32.1. The van der Waals surface area contributed by atoms with Crippen molar-refractivity contribution in [2.24, 2.45) is 11.8 Å². The molecule has 3 saturated heterocycles. The number of ether oxygens (including phenoxy) is 1. The predicted molar refractivity (Wildman–Crippen MR) is 95.0 cm³/mol. The molecule has 8 nitrogen and oxygen atoms in total. The molecule has 3 aliphatic heterocycles. The van der Waals surface area contributed by atoms with Crippen LogP contribution in [-0.4, -0.2) is 56.6 Å². The third-order valence-electron chi connectivity index (χ3n) is 5.87. The normalized spacial score (nSPS) is 32.0. The molecule has 4 atom stereocenters. The molecule has 2 aromatic heterocycles. The van der Waals surface area contributed by atoms with Crippen molar-refractivity contribution in [3.8, 4) is 0 Å². The maximum Gasteiger partial charge on any atom is 0.271 e. The van der Waals surface area contributed by atoms with Crippen molar-refractivity contribution in [3.05, 3.63) is 30.1 Å². The van der Waals surface area contributed by atoms with Crippen LogP contribution in [-0.2, 0) is 4.74 Å². The first kappa shape index (κ1) is 16.1. The summed E-state index contributed by atoms with van der Waals surface area (Å²) in [6.45, 7) is 4.31. The predicted octanol–water partition coefficient (Wildman–Crippen LogP) is 1.05. The van der Waals surface area contributed by atoms with Crippen LogP contribution < -0.4 is 10.2 Å². The second-order valence-corrected chi connectivity index (χ2v) is 8.07. The van der Waals surface area contributed by atoms with Gasteiger partial charge in [-0.2, -0.15) is 4.37 Å². The number of carbonyl (C=O) groups is 1. The van der Waals surface area contributed by atoms with Gasteiger partial charge in [-0.15, -0.1) is 0 Å². The molecular weight excluding hydrogens is 352 g/mol. The van der Waals surface area contributed by atoms with Crippen molar-refractivity contribution in [2.75, 3.05) is 24.5 Å². The third kappa shape index (κ3) is 2.49. The second kappa shape index (κ2) is 5.95. The summed E-state index contributed by atoms with van der Waals surface area (Å²) in [4.78, 5) is 27.2. The Bertz CT molecular complexity index is 830. The van der Waals surface area contributed by atoms with Crippen molar-refractivity contribution in [2.45, 2.75) is 31.5 Å². The molecular formula is C17H20N6O2S. The topological polar surface area (TPSA) is 93.1 Å². The third-order valence-corrected chi connectivity index (χ3v) is 6.73. The number of amides is 1. The second-order valence-electron chi connectivity index (χ2n) is 7.34. The maximum atomic E-state index is 12.3. The molecule has 0 unspecified atom stereocenters. The van der Waals surface area contributed by atoms with E-state index in [1.165, 1.54) is 23.9 Å². The number of anilines is 1. The molecule has 1 spiro atoms. The van der Waals surface area contributed by atoms with Crippen molar-refractivity contribution in [3.63, 3.8) is 0 Å². The van der Waals surface area contributed by atoms with Gasteiger partial charge in [0.1, 0.15) is 11.5 Å². The minimum absolute atomic E-state index is 0.0911. The largest absolute Gasteiger partial charge is 0.369 e. The first-order valence-electron chi connectivity index (χ1n) is 8.92. The molecule has 3 fully saturated rings. The van der Waals surface area contributed by atoms with E-state index in [9.17, 15) is 4.79 Å². The van der Waals surface area contributed by atoms with Crippen LogP contribution >= 0.6 is 11.5 Å². The molecule has 9 heteroatoms. The average molecular weight is 372 g/mol. The zero-order chi connectivity index (χ0) is 17.7. The Labute approximate surface area is 155 Å². The van der Waals surface area contributed by atoms with Gasteiger partial charge in [0.2, 0.25) is 5.13 Å². The molecule has 1 amide bonds. The molecule has 26 heavy (non-hydrogen) atoms. The highest BCUT2D eigenvalue weighted by Crippen LogP contribution is 2.55. The van der Waals surface area contributed by atoms with Gasteiger partial charge in [0.05, 0.1) is 17.9 Å². The highest BCUT2D eigenvalue weighted by Gasteiger charge is 2.63. The van der Waals surface area contributed by atoms with Crippen molar-refractivity contribution >= 4 is 22.6 Å². The number of nitrogens with zero attached hydrogens (tertiary/aromatic N) is 5. The van der Waals surface area contributed by atoms with Crippen molar-refractivity contribution in [1.82, 2.24) is 24.6 Å². The van der Waals surface area contributed by atoms with Gasteiger partial charge >= 0.3 is 0 Å². The van der Waals surface area contributed by atoms with E-state index in [1.807, 2.05) is 6.92 Å². The summed E-state index contributed by atoms with van der Waals surface area (Å²) >= 11 is 1.45. The molecule has 1 N–H and O–H groups in total. The van der Waals surface area contributed by atoms with Crippen LogP contribution in [0.2, 0.25) is 0 Å². The molecule has 5 heterocycles. The van der Waals surface area contributed by atoms with E-state index in [4.69, 9.17) is 4.74 Å². The van der Waals surface area contributed by atoms with Gasteiger partial charge in [-0.05, 0) is 19.8 Å². The molecule has 0 saturated carbocycles. The molecule has 2 bridgehead atoms. The fourth-order valence-electron chi connectivity index (χ4n) is 4.74. The summed E-state index contributed by atoms with van der Waals surface area (Å²) in [5.74, 6) is 1.37. The zero-order valence-electron chi connectivity index (χ0n) is 14.5. The summed E-state index contributed by atoms with van der Waals surface area (Å²) < 4.78 is 10.7. The Morgan fingerprint density at radius 3 is 3.19 bits per heavy atom. The van der Waals surface area contributed by atoms with E-state index in [0.29, 0.717) is 24.1 Å². The van der Waals surface area contributed by atoms with Gasteiger partial charge in [-0.3, -0.25) is 9.78 Å². The van der Waals surface area contributed by atoms with Gasteiger partial charge in [0.25, 0.3) is 5.91 Å². The number of aromatic nitrogens is 4. The number of fused-ring (bicyclic) bond motifs is 1. The SMILES string of the molecule is Cc1nsc(N2C[C@@H]3[C@H](CNC(=O)c4cnccn4)[C@H]4CC[C@]3(C2)O4)n1. The standard InChI is InChI=1S/C17H20N6O2S/c1-10-21-16(26-22-10)23-8-12-11(14-2-3-17(12,9-23)25-14)6-20-15(24)13-7-18-4-5-19-13/h4-5,7,11-12,14H,2-3,6,8-9H2,1H3,(H,20,24)/t11-,12+,14+,17+/m0/s1. The Kier molecular flexibility index (Phi) is 3.68. The first-order chi connectivity index (χ1) is 12.6. The van der Waals surface area contributed by atoms with Crippen LogP contribution in [0.15, 0.2) is 18.6 Å². The Morgan fingerprint density at radius 2 is 2.42 bits per heavy atom. The Morgan fingerprint density at radius 1 is 1.50 bits per heavy atom. The van der Waals surface area contributed by atoms with Crippen LogP contribution in [0.4, 0.5) is 5.13 Å². The summed E-state index contributed by atoms with van der Waals surface area (Å²) in [5, 5.41) is 4.00.